The molecule has 0 fully saturated rings. The van der Waals surface area contributed by atoms with Gasteiger partial charge >= 0.3 is 12.1 Å². The van der Waals surface area contributed by atoms with Gasteiger partial charge in [-0.15, -0.1) is 0 Å². The summed E-state index contributed by atoms with van der Waals surface area (Å²) in [5, 5.41) is 11.9. The van der Waals surface area contributed by atoms with Crippen molar-refractivity contribution >= 4 is 30.4 Å². The van der Waals surface area contributed by atoms with Gasteiger partial charge in [-0.2, -0.15) is 12.6 Å². The van der Waals surface area contributed by atoms with Crippen molar-refractivity contribution < 1.29 is 28.9 Å². The third-order valence-corrected chi connectivity index (χ3v) is 5.18. The molecule has 0 heterocycles. The molecule has 2 aromatic rings. The number of esters is 1. The van der Waals surface area contributed by atoms with Crippen molar-refractivity contribution in [1.29, 1.82) is 0 Å². The van der Waals surface area contributed by atoms with E-state index in [1.807, 2.05) is 45.0 Å². The summed E-state index contributed by atoms with van der Waals surface area (Å²) in [4.78, 5) is 24.2. The molecular formula is C24H31NO6S. The van der Waals surface area contributed by atoms with Crippen molar-refractivity contribution in [3.63, 3.8) is 0 Å². The summed E-state index contributed by atoms with van der Waals surface area (Å²) in [5.41, 5.74) is 1.74. The fraction of sp³-hybridized carbons (Fsp3) is 0.417. The first-order valence-corrected chi connectivity index (χ1v) is 11.0. The largest absolute Gasteiger partial charge is 0.491 e. The molecule has 0 unspecified atom stereocenters. The molecule has 0 spiro atoms. The summed E-state index contributed by atoms with van der Waals surface area (Å²) >= 11 is 3.91. The van der Waals surface area contributed by atoms with Gasteiger partial charge in [-0.05, 0) is 31.5 Å². The number of anilines is 1. The molecule has 2 rings (SSSR count). The lowest BCUT2D eigenvalue weighted by Crippen LogP contribution is -2.31. The second-order valence-corrected chi connectivity index (χ2v) is 8.32. The number of carbonyl (C=O) groups excluding carboxylic acids is 2. The molecule has 0 aliphatic rings. The second kappa shape index (κ2) is 12.4. The van der Waals surface area contributed by atoms with E-state index in [0.29, 0.717) is 23.4 Å². The molecule has 0 saturated heterocycles. The molecule has 0 aliphatic carbocycles. The number of rotatable bonds is 11. The summed E-state index contributed by atoms with van der Waals surface area (Å²) in [7, 11) is 0. The van der Waals surface area contributed by atoms with E-state index in [2.05, 4.69) is 17.9 Å². The fourth-order valence-corrected chi connectivity index (χ4v) is 3.22. The Morgan fingerprint density at radius 1 is 1.09 bits per heavy atom. The van der Waals surface area contributed by atoms with Gasteiger partial charge in [0.05, 0.1) is 19.0 Å². The molecular weight excluding hydrogens is 430 g/mol. The van der Waals surface area contributed by atoms with Crippen LogP contribution in [0.1, 0.15) is 37.5 Å². The fourth-order valence-electron chi connectivity index (χ4n) is 3.12. The lowest BCUT2D eigenvalue weighted by molar-refractivity contribution is -0.141. The Hall–Kier alpha value is -2.71. The van der Waals surface area contributed by atoms with Crippen molar-refractivity contribution in [2.45, 2.75) is 33.3 Å². The number of hydrogen-bond donors (Lipinski definition) is 3. The Morgan fingerprint density at radius 2 is 1.78 bits per heavy atom. The Labute approximate surface area is 194 Å². The predicted octanol–water partition coefficient (Wildman–Crippen LogP) is 4.55. The quantitative estimate of drug-likeness (QED) is 0.336. The van der Waals surface area contributed by atoms with Crippen LogP contribution in [0.3, 0.4) is 0 Å². The van der Waals surface area contributed by atoms with Gasteiger partial charge in [0.1, 0.15) is 18.5 Å². The molecule has 174 valence electrons. The number of amides is 1. The number of nitrogens with one attached hydrogen (secondary N) is 1. The van der Waals surface area contributed by atoms with Gasteiger partial charge in [0, 0.05) is 16.7 Å². The molecule has 0 saturated carbocycles. The van der Waals surface area contributed by atoms with Gasteiger partial charge in [0.15, 0.2) is 0 Å². The van der Waals surface area contributed by atoms with Crippen LogP contribution in [-0.2, 0) is 14.3 Å². The summed E-state index contributed by atoms with van der Waals surface area (Å²) in [5.74, 6) is 0.0949. The van der Waals surface area contributed by atoms with Gasteiger partial charge < -0.3 is 19.3 Å². The van der Waals surface area contributed by atoms with Gasteiger partial charge in [-0.25, -0.2) is 4.79 Å². The monoisotopic (exact) mass is 461 g/mol. The molecule has 7 nitrogen and oxygen atoms in total. The Kier molecular flexibility index (Phi) is 9.87. The third kappa shape index (κ3) is 7.76. The first-order chi connectivity index (χ1) is 15.3. The average Bonchev–Trinajstić information content (AvgIpc) is 2.77. The molecule has 0 aromatic heterocycles. The lowest BCUT2D eigenvalue weighted by atomic mass is 9.79. The highest BCUT2D eigenvalue weighted by Gasteiger charge is 2.36. The summed E-state index contributed by atoms with van der Waals surface area (Å²) in [6, 6.07) is 14.6. The number of ether oxygens (including phenoxy) is 3. The van der Waals surface area contributed by atoms with E-state index in [4.69, 9.17) is 19.3 Å². The van der Waals surface area contributed by atoms with Crippen molar-refractivity contribution in [3.8, 4) is 5.75 Å². The maximum absolute atomic E-state index is 12.8. The van der Waals surface area contributed by atoms with Gasteiger partial charge in [0.2, 0.25) is 0 Å². The van der Waals surface area contributed by atoms with E-state index in [-0.39, 0.29) is 25.6 Å². The normalized spacial score (nSPS) is 12.0. The molecule has 0 aliphatic heterocycles. The number of aryl methyl sites for hydroxylation is 1. The zero-order valence-electron chi connectivity index (χ0n) is 18.7. The molecule has 2 N–H and O–H groups in total. The number of aliphatic hydroxyl groups is 1. The molecule has 8 heteroatoms. The highest BCUT2D eigenvalue weighted by atomic mass is 32.1. The van der Waals surface area contributed by atoms with Crippen LogP contribution in [-0.4, -0.2) is 42.7 Å². The minimum atomic E-state index is -0.711. The van der Waals surface area contributed by atoms with Gasteiger partial charge in [0.25, 0.3) is 0 Å². The van der Waals surface area contributed by atoms with Crippen molar-refractivity contribution in [2.24, 2.45) is 5.41 Å². The predicted molar refractivity (Wildman–Crippen MR) is 126 cm³/mol. The highest BCUT2D eigenvalue weighted by molar-refractivity contribution is 7.81. The number of carbonyl (C=O) groups is 2. The summed E-state index contributed by atoms with van der Waals surface area (Å²) < 4.78 is 16.8. The van der Waals surface area contributed by atoms with E-state index in [1.165, 1.54) is 0 Å². The number of thiol groups is 1. The van der Waals surface area contributed by atoms with Crippen molar-refractivity contribution in [1.82, 2.24) is 0 Å². The van der Waals surface area contributed by atoms with Crippen LogP contribution < -0.4 is 10.1 Å². The van der Waals surface area contributed by atoms with E-state index in [0.717, 1.165) is 5.56 Å². The minimum absolute atomic E-state index is 0.00283. The number of aliphatic hydroxyl groups excluding tert-OH is 1. The van der Waals surface area contributed by atoms with Gasteiger partial charge in [-0.1, -0.05) is 49.7 Å². The smallest absolute Gasteiger partial charge is 0.412 e. The van der Waals surface area contributed by atoms with Gasteiger partial charge in [-0.3, -0.25) is 10.1 Å². The second-order valence-electron chi connectivity index (χ2n) is 8.00. The van der Waals surface area contributed by atoms with Crippen molar-refractivity contribution in [2.75, 3.05) is 30.9 Å². The Bertz CT molecular complexity index is 884. The zero-order valence-corrected chi connectivity index (χ0v) is 19.6. The van der Waals surface area contributed by atoms with Crippen LogP contribution in [0.2, 0.25) is 0 Å². The molecule has 32 heavy (non-hydrogen) atoms. The Balaban J connectivity index is 2.26. The van der Waals surface area contributed by atoms with Crippen LogP contribution in [0, 0.1) is 12.3 Å². The standard InChI is InChI=1S/C24H31NO6S/c1-17-8-10-18(11-9-17)25-23(28)31-22(24(2,3)12-14-30-21(27)16-32)19-6-4-5-7-20(19)29-15-13-26/h4-11,22,26,32H,12-16H2,1-3H3,(H,25,28)/t22-/m0/s1. The van der Waals surface area contributed by atoms with E-state index < -0.39 is 23.6 Å². The number of para-hydroxylation sites is 1. The van der Waals surface area contributed by atoms with Crippen LogP contribution in [0.5, 0.6) is 5.75 Å². The van der Waals surface area contributed by atoms with Crippen molar-refractivity contribution in [3.05, 3.63) is 59.7 Å². The SMILES string of the molecule is Cc1ccc(NC(=O)O[C@@H](c2ccccc2OCCO)C(C)(C)CCOC(=O)CS)cc1. The molecule has 0 bridgehead atoms. The van der Waals surface area contributed by atoms with Crippen LogP contribution in [0.25, 0.3) is 0 Å². The number of benzene rings is 2. The first-order valence-electron chi connectivity index (χ1n) is 10.4. The summed E-state index contributed by atoms with van der Waals surface area (Å²) in [6.07, 6.45) is -0.891. The minimum Gasteiger partial charge on any atom is -0.491 e. The molecule has 1 amide bonds. The summed E-state index contributed by atoms with van der Waals surface area (Å²) in [6.45, 7) is 5.94. The third-order valence-electron chi connectivity index (χ3n) is 4.92. The van der Waals surface area contributed by atoms with E-state index >= 15 is 0 Å². The van der Waals surface area contributed by atoms with Crippen LogP contribution in [0.4, 0.5) is 10.5 Å². The highest BCUT2D eigenvalue weighted by Crippen LogP contribution is 2.43. The van der Waals surface area contributed by atoms with Crippen LogP contribution in [0.15, 0.2) is 48.5 Å². The topological polar surface area (TPSA) is 94.1 Å². The first kappa shape index (κ1) is 25.5. The van der Waals surface area contributed by atoms with E-state index in [9.17, 15) is 9.59 Å². The van der Waals surface area contributed by atoms with Crippen LogP contribution >= 0.6 is 12.6 Å². The zero-order chi connectivity index (χ0) is 23.6. The van der Waals surface area contributed by atoms with E-state index in [1.54, 1.807) is 24.3 Å². The maximum atomic E-state index is 12.8. The molecule has 0 radical (unpaired) electrons. The molecule has 1 atom stereocenters. The Morgan fingerprint density at radius 3 is 2.44 bits per heavy atom. The lowest BCUT2D eigenvalue weighted by Gasteiger charge is -2.34. The molecule has 2 aromatic carbocycles. The average molecular weight is 462 g/mol. The maximum Gasteiger partial charge on any atom is 0.412 e. The number of hydrogen-bond acceptors (Lipinski definition) is 7.